The van der Waals surface area contributed by atoms with E-state index in [0.717, 1.165) is 16.3 Å². The molecule has 0 unspecified atom stereocenters. The van der Waals surface area contributed by atoms with Crippen LogP contribution in [0, 0.1) is 0 Å². The number of nitrogens with zero attached hydrogens (tertiary/aromatic N) is 4. The number of pyridine rings is 1. The third kappa shape index (κ3) is 4.72. The van der Waals surface area contributed by atoms with Crippen LogP contribution in [0.1, 0.15) is 11.4 Å². The predicted molar refractivity (Wildman–Crippen MR) is 119 cm³/mol. The van der Waals surface area contributed by atoms with E-state index in [4.69, 9.17) is 9.47 Å². The molecule has 0 aliphatic rings. The second kappa shape index (κ2) is 9.40. The van der Waals surface area contributed by atoms with Gasteiger partial charge in [0.05, 0.1) is 50.3 Å². The summed E-state index contributed by atoms with van der Waals surface area (Å²) in [4.78, 5) is 21.5. The molecular weight excluding hydrogens is 414 g/mol. The number of methoxy groups -OCH3 is 2. The van der Waals surface area contributed by atoms with Crippen LogP contribution >= 0.6 is 11.3 Å². The van der Waals surface area contributed by atoms with Crippen LogP contribution < -0.4 is 14.8 Å². The number of para-hydroxylation sites is 1. The van der Waals surface area contributed by atoms with E-state index in [1.54, 1.807) is 37.4 Å². The van der Waals surface area contributed by atoms with Crippen molar-refractivity contribution in [3.63, 3.8) is 0 Å². The van der Waals surface area contributed by atoms with Gasteiger partial charge in [0.2, 0.25) is 5.91 Å². The zero-order chi connectivity index (χ0) is 21.6. The van der Waals surface area contributed by atoms with E-state index in [1.165, 1.54) is 11.3 Å². The first-order valence-electron chi connectivity index (χ1n) is 9.55. The molecule has 0 fully saturated rings. The minimum Gasteiger partial charge on any atom is -0.493 e. The maximum atomic E-state index is 12.6. The van der Waals surface area contributed by atoms with Gasteiger partial charge in [-0.1, -0.05) is 12.1 Å². The Morgan fingerprint density at radius 2 is 1.97 bits per heavy atom. The van der Waals surface area contributed by atoms with Crippen molar-refractivity contribution >= 4 is 23.1 Å². The average Bonchev–Trinajstić information content (AvgIpc) is 3.43. The lowest BCUT2D eigenvalue weighted by molar-refractivity contribution is -0.115. The number of rotatable bonds is 8. The summed E-state index contributed by atoms with van der Waals surface area (Å²) in [7, 11) is 3.19. The highest BCUT2D eigenvalue weighted by Gasteiger charge is 2.16. The van der Waals surface area contributed by atoms with Gasteiger partial charge in [0, 0.05) is 17.6 Å². The van der Waals surface area contributed by atoms with Gasteiger partial charge < -0.3 is 14.8 Å². The summed E-state index contributed by atoms with van der Waals surface area (Å²) in [5, 5.41) is 9.81. The topological polar surface area (TPSA) is 91.2 Å². The fourth-order valence-corrected chi connectivity index (χ4v) is 3.97. The minimum atomic E-state index is -0.169. The number of ether oxygens (including phenoxy) is 2. The van der Waals surface area contributed by atoms with Crippen molar-refractivity contribution in [2.75, 3.05) is 19.5 Å². The van der Waals surface area contributed by atoms with Crippen LogP contribution in [0.4, 0.5) is 5.82 Å². The number of carbonyl (C=O) groups excluding carboxylic acids is 1. The summed E-state index contributed by atoms with van der Waals surface area (Å²) in [5.74, 6) is 1.70. The number of benzene rings is 1. The molecule has 3 aromatic heterocycles. The second-order valence-electron chi connectivity index (χ2n) is 6.61. The lowest BCUT2D eigenvalue weighted by Gasteiger charge is -2.10. The van der Waals surface area contributed by atoms with Gasteiger partial charge in [0.1, 0.15) is 10.8 Å². The second-order valence-corrected chi connectivity index (χ2v) is 7.46. The molecule has 31 heavy (non-hydrogen) atoms. The van der Waals surface area contributed by atoms with Crippen LogP contribution in [0.2, 0.25) is 0 Å². The molecular formula is C22H21N5O3S. The Hall–Kier alpha value is -3.72. The molecule has 1 N–H and O–H groups in total. The first-order chi connectivity index (χ1) is 15.2. The molecule has 0 saturated heterocycles. The number of amides is 1. The highest BCUT2D eigenvalue weighted by atomic mass is 32.1. The van der Waals surface area contributed by atoms with Crippen LogP contribution in [0.3, 0.4) is 0 Å². The first-order valence-corrected chi connectivity index (χ1v) is 10.4. The van der Waals surface area contributed by atoms with Crippen LogP contribution in [0.25, 0.3) is 10.6 Å². The van der Waals surface area contributed by atoms with Crippen molar-refractivity contribution in [3.05, 3.63) is 71.6 Å². The SMILES string of the molecule is COc1cccc(-c2nc(CC(=O)Nc3ccnn3Cc3ccccn3)cs2)c1OC. The van der Waals surface area contributed by atoms with Gasteiger partial charge >= 0.3 is 0 Å². The summed E-state index contributed by atoms with van der Waals surface area (Å²) in [6, 6.07) is 13.1. The monoisotopic (exact) mass is 435 g/mol. The number of anilines is 1. The summed E-state index contributed by atoms with van der Waals surface area (Å²) in [6.45, 7) is 0.472. The number of hydrogen-bond donors (Lipinski definition) is 1. The van der Waals surface area contributed by atoms with E-state index in [2.05, 4.69) is 20.4 Å². The quantitative estimate of drug-likeness (QED) is 0.454. The Bertz CT molecular complexity index is 1170. The molecule has 3 heterocycles. The largest absolute Gasteiger partial charge is 0.493 e. The van der Waals surface area contributed by atoms with Gasteiger partial charge in [-0.25, -0.2) is 9.67 Å². The molecule has 1 aromatic carbocycles. The zero-order valence-corrected chi connectivity index (χ0v) is 17.9. The van der Waals surface area contributed by atoms with E-state index < -0.39 is 0 Å². The fraction of sp³-hybridized carbons (Fsp3) is 0.182. The lowest BCUT2D eigenvalue weighted by Crippen LogP contribution is -2.18. The summed E-state index contributed by atoms with van der Waals surface area (Å²) >= 11 is 1.45. The van der Waals surface area contributed by atoms with Crippen LogP contribution in [-0.2, 0) is 17.8 Å². The third-order valence-electron chi connectivity index (χ3n) is 4.55. The van der Waals surface area contributed by atoms with Crippen LogP contribution in [0.15, 0.2) is 60.2 Å². The van der Waals surface area contributed by atoms with Crippen molar-refractivity contribution in [2.24, 2.45) is 0 Å². The smallest absolute Gasteiger partial charge is 0.231 e. The Balaban J connectivity index is 1.45. The van der Waals surface area contributed by atoms with E-state index in [9.17, 15) is 4.79 Å². The maximum absolute atomic E-state index is 12.6. The number of aromatic nitrogens is 4. The van der Waals surface area contributed by atoms with Crippen molar-refractivity contribution in [1.82, 2.24) is 19.7 Å². The van der Waals surface area contributed by atoms with Crippen LogP contribution in [-0.4, -0.2) is 39.9 Å². The van der Waals surface area contributed by atoms with E-state index in [-0.39, 0.29) is 12.3 Å². The molecule has 0 saturated carbocycles. The molecule has 4 rings (SSSR count). The summed E-state index contributed by atoms with van der Waals surface area (Å²) in [6.07, 6.45) is 3.53. The molecule has 8 nitrogen and oxygen atoms in total. The number of nitrogens with one attached hydrogen (secondary N) is 1. The zero-order valence-electron chi connectivity index (χ0n) is 17.1. The Kier molecular flexibility index (Phi) is 6.23. The van der Waals surface area contributed by atoms with Crippen molar-refractivity contribution < 1.29 is 14.3 Å². The van der Waals surface area contributed by atoms with Crippen molar-refractivity contribution in [1.29, 1.82) is 0 Å². The van der Waals surface area contributed by atoms with Crippen molar-refractivity contribution in [3.8, 4) is 22.1 Å². The molecule has 0 spiro atoms. The average molecular weight is 436 g/mol. The summed E-state index contributed by atoms with van der Waals surface area (Å²) < 4.78 is 12.6. The molecule has 158 valence electrons. The Morgan fingerprint density at radius 1 is 1.06 bits per heavy atom. The first kappa shape index (κ1) is 20.5. The number of hydrogen-bond acceptors (Lipinski definition) is 7. The fourth-order valence-electron chi connectivity index (χ4n) is 3.13. The molecule has 9 heteroatoms. The van der Waals surface area contributed by atoms with Gasteiger partial charge in [-0.2, -0.15) is 5.10 Å². The Labute approximate surface area is 183 Å². The standard InChI is InChI=1S/C22H21N5O3S/c1-29-18-8-5-7-17(21(18)30-2)22-25-16(14-31-22)12-20(28)26-19-9-11-24-27(19)13-15-6-3-4-10-23-15/h3-11,14H,12-13H2,1-2H3,(H,26,28). The number of carbonyl (C=O) groups is 1. The molecule has 0 aliphatic heterocycles. The van der Waals surface area contributed by atoms with Crippen molar-refractivity contribution in [2.45, 2.75) is 13.0 Å². The normalized spacial score (nSPS) is 10.6. The molecule has 0 bridgehead atoms. The minimum absolute atomic E-state index is 0.150. The van der Waals surface area contributed by atoms with Gasteiger partial charge in [-0.05, 0) is 24.3 Å². The van der Waals surface area contributed by atoms with E-state index in [0.29, 0.717) is 29.6 Å². The van der Waals surface area contributed by atoms with Gasteiger partial charge in [0.15, 0.2) is 11.5 Å². The van der Waals surface area contributed by atoms with E-state index in [1.807, 2.05) is 41.8 Å². The molecule has 4 aromatic rings. The van der Waals surface area contributed by atoms with Gasteiger partial charge in [-0.15, -0.1) is 11.3 Å². The van der Waals surface area contributed by atoms with E-state index >= 15 is 0 Å². The van der Waals surface area contributed by atoms with Gasteiger partial charge in [-0.3, -0.25) is 9.78 Å². The van der Waals surface area contributed by atoms with Gasteiger partial charge in [0.25, 0.3) is 0 Å². The molecule has 1 amide bonds. The lowest BCUT2D eigenvalue weighted by atomic mass is 10.2. The highest BCUT2D eigenvalue weighted by molar-refractivity contribution is 7.13. The molecule has 0 aliphatic carbocycles. The molecule has 0 radical (unpaired) electrons. The predicted octanol–water partition coefficient (Wildman–Crippen LogP) is 3.65. The van der Waals surface area contributed by atoms with Crippen LogP contribution in [0.5, 0.6) is 11.5 Å². The Morgan fingerprint density at radius 3 is 2.74 bits per heavy atom. The number of thiazole rings is 1. The highest BCUT2D eigenvalue weighted by Crippen LogP contribution is 2.39. The molecule has 0 atom stereocenters. The maximum Gasteiger partial charge on any atom is 0.231 e. The summed E-state index contributed by atoms with van der Waals surface area (Å²) in [5.41, 5.74) is 2.36. The third-order valence-corrected chi connectivity index (χ3v) is 5.47.